The normalized spacial score (nSPS) is 18.6. The van der Waals surface area contributed by atoms with Crippen molar-refractivity contribution in [1.29, 1.82) is 0 Å². The number of carbonyl (C=O) groups excluding carboxylic acids is 1. The molecule has 1 saturated heterocycles. The zero-order valence-electron chi connectivity index (χ0n) is 14.0. The van der Waals surface area contributed by atoms with Crippen molar-refractivity contribution in [1.82, 2.24) is 19.4 Å². The lowest BCUT2D eigenvalue weighted by Crippen LogP contribution is -2.41. The fourth-order valence-electron chi connectivity index (χ4n) is 3.25. The van der Waals surface area contributed by atoms with Gasteiger partial charge >= 0.3 is 0 Å². The van der Waals surface area contributed by atoms with Crippen molar-refractivity contribution in [3.63, 3.8) is 0 Å². The molecule has 0 aromatic carbocycles. The highest BCUT2D eigenvalue weighted by molar-refractivity contribution is 7.09. The molecule has 0 unspecified atom stereocenters. The van der Waals surface area contributed by atoms with E-state index < -0.39 is 0 Å². The van der Waals surface area contributed by atoms with E-state index in [2.05, 4.69) is 34.6 Å². The van der Waals surface area contributed by atoms with Gasteiger partial charge in [0, 0.05) is 36.8 Å². The highest BCUT2D eigenvalue weighted by Gasteiger charge is 2.26. The molecule has 1 amide bonds. The lowest BCUT2D eigenvalue weighted by atomic mass is 10.0. The van der Waals surface area contributed by atoms with Crippen LogP contribution in [0.3, 0.4) is 0 Å². The first kappa shape index (κ1) is 16.2. The van der Waals surface area contributed by atoms with E-state index in [0.29, 0.717) is 18.4 Å². The second kappa shape index (κ2) is 6.83. The summed E-state index contributed by atoms with van der Waals surface area (Å²) in [5.74, 6) is 1.69. The maximum Gasteiger partial charge on any atom is 0.228 e. The van der Waals surface area contributed by atoms with Crippen molar-refractivity contribution < 1.29 is 4.79 Å². The third-order valence-corrected chi connectivity index (χ3v) is 5.18. The van der Waals surface area contributed by atoms with Gasteiger partial charge in [0.25, 0.3) is 0 Å². The molecular formula is C17H24N4OS. The molecule has 0 aliphatic carbocycles. The van der Waals surface area contributed by atoms with E-state index in [1.54, 1.807) is 11.3 Å². The number of nitrogens with zero attached hydrogens (tertiary/aromatic N) is 4. The number of aromatic nitrogens is 3. The van der Waals surface area contributed by atoms with Gasteiger partial charge < -0.3 is 9.47 Å². The van der Waals surface area contributed by atoms with Gasteiger partial charge in [0.05, 0.1) is 23.2 Å². The summed E-state index contributed by atoms with van der Waals surface area (Å²) in [4.78, 5) is 23.5. The van der Waals surface area contributed by atoms with Crippen molar-refractivity contribution in [2.75, 3.05) is 13.1 Å². The molecule has 3 heterocycles. The molecule has 0 spiro atoms. The van der Waals surface area contributed by atoms with Gasteiger partial charge in [0.1, 0.15) is 5.82 Å². The molecule has 0 N–H and O–H groups in total. The highest BCUT2D eigenvalue weighted by atomic mass is 32.1. The minimum atomic E-state index is 0.186. The summed E-state index contributed by atoms with van der Waals surface area (Å²) < 4.78 is 2.26. The first-order valence-corrected chi connectivity index (χ1v) is 9.14. The Labute approximate surface area is 141 Å². The molecule has 124 valence electrons. The monoisotopic (exact) mass is 332 g/mol. The molecule has 3 rings (SSSR count). The molecule has 2 aromatic rings. The van der Waals surface area contributed by atoms with Gasteiger partial charge in [-0.25, -0.2) is 9.97 Å². The number of hydrogen-bond donors (Lipinski definition) is 0. The molecule has 2 aromatic heterocycles. The van der Waals surface area contributed by atoms with Crippen LogP contribution in [0.15, 0.2) is 17.8 Å². The van der Waals surface area contributed by atoms with Crippen LogP contribution in [0.1, 0.15) is 55.2 Å². The first-order chi connectivity index (χ1) is 11.0. The fourth-order valence-corrected chi connectivity index (χ4v) is 3.86. The Balaban J connectivity index is 1.68. The molecule has 0 saturated carbocycles. The summed E-state index contributed by atoms with van der Waals surface area (Å²) >= 11 is 1.60. The van der Waals surface area contributed by atoms with E-state index >= 15 is 0 Å². The van der Waals surface area contributed by atoms with Crippen molar-refractivity contribution in [3.8, 4) is 0 Å². The van der Waals surface area contributed by atoms with Gasteiger partial charge in [-0.05, 0) is 19.8 Å². The number of amides is 1. The van der Waals surface area contributed by atoms with Crippen molar-refractivity contribution in [2.24, 2.45) is 0 Å². The summed E-state index contributed by atoms with van der Waals surface area (Å²) in [6.07, 6.45) is 6.49. The van der Waals surface area contributed by atoms with E-state index in [1.165, 1.54) is 0 Å². The summed E-state index contributed by atoms with van der Waals surface area (Å²) in [5, 5.41) is 3.01. The Morgan fingerprint density at radius 1 is 1.48 bits per heavy atom. The Morgan fingerprint density at radius 2 is 2.30 bits per heavy atom. The van der Waals surface area contributed by atoms with E-state index in [-0.39, 0.29) is 5.91 Å². The number of piperidine rings is 1. The standard InChI is InChI=1S/C17H24N4OS/c1-12(2)17-18-6-8-21(17)15-5-4-7-20(10-15)16(22)9-14-11-23-13(3)19-14/h6,8,11-12,15H,4-5,7,9-10H2,1-3H3/t15-/m0/s1. The van der Waals surface area contributed by atoms with Crippen LogP contribution in [-0.4, -0.2) is 38.4 Å². The van der Waals surface area contributed by atoms with Crippen LogP contribution in [0.25, 0.3) is 0 Å². The van der Waals surface area contributed by atoms with E-state index in [1.807, 2.05) is 23.4 Å². The predicted molar refractivity (Wildman–Crippen MR) is 91.7 cm³/mol. The van der Waals surface area contributed by atoms with Gasteiger partial charge in [-0.3, -0.25) is 4.79 Å². The Bertz CT molecular complexity index is 676. The van der Waals surface area contributed by atoms with Crippen molar-refractivity contribution >= 4 is 17.2 Å². The lowest BCUT2D eigenvalue weighted by Gasteiger charge is -2.34. The van der Waals surface area contributed by atoms with Crippen LogP contribution in [0.4, 0.5) is 0 Å². The number of imidazole rings is 1. The fraction of sp³-hybridized carbons (Fsp3) is 0.588. The molecule has 1 atom stereocenters. The number of aryl methyl sites for hydroxylation is 1. The molecule has 1 fully saturated rings. The smallest absolute Gasteiger partial charge is 0.228 e. The van der Waals surface area contributed by atoms with Gasteiger partial charge in [-0.1, -0.05) is 13.8 Å². The van der Waals surface area contributed by atoms with Crippen LogP contribution in [0, 0.1) is 6.92 Å². The first-order valence-electron chi connectivity index (χ1n) is 8.26. The Hall–Kier alpha value is -1.69. The van der Waals surface area contributed by atoms with Crippen LogP contribution < -0.4 is 0 Å². The van der Waals surface area contributed by atoms with Crippen LogP contribution in [0.5, 0.6) is 0 Å². The Morgan fingerprint density at radius 3 is 3.00 bits per heavy atom. The topological polar surface area (TPSA) is 51.0 Å². The molecule has 0 bridgehead atoms. The highest BCUT2D eigenvalue weighted by Crippen LogP contribution is 2.26. The zero-order valence-corrected chi connectivity index (χ0v) is 14.8. The van der Waals surface area contributed by atoms with Gasteiger partial charge in [-0.15, -0.1) is 11.3 Å². The summed E-state index contributed by atoms with van der Waals surface area (Å²) in [5.41, 5.74) is 0.894. The molecule has 1 aliphatic heterocycles. The van der Waals surface area contributed by atoms with E-state index in [4.69, 9.17) is 0 Å². The van der Waals surface area contributed by atoms with Gasteiger partial charge in [0.15, 0.2) is 0 Å². The summed E-state index contributed by atoms with van der Waals surface area (Å²) in [7, 11) is 0. The molecule has 23 heavy (non-hydrogen) atoms. The number of thiazole rings is 1. The average Bonchev–Trinajstić information content (AvgIpc) is 3.16. The van der Waals surface area contributed by atoms with Crippen LogP contribution in [-0.2, 0) is 11.2 Å². The molecule has 0 radical (unpaired) electrons. The van der Waals surface area contributed by atoms with Crippen LogP contribution >= 0.6 is 11.3 Å². The second-order valence-corrected chi connectivity index (χ2v) is 7.58. The number of likely N-dealkylation sites (tertiary alicyclic amines) is 1. The maximum absolute atomic E-state index is 12.6. The summed E-state index contributed by atoms with van der Waals surface area (Å²) in [6.45, 7) is 7.93. The molecule has 1 aliphatic rings. The minimum Gasteiger partial charge on any atom is -0.340 e. The van der Waals surface area contributed by atoms with Gasteiger partial charge in [0.2, 0.25) is 5.91 Å². The Kier molecular flexibility index (Phi) is 4.80. The SMILES string of the molecule is Cc1nc(CC(=O)N2CCC[C@H](n3ccnc3C(C)C)C2)cs1. The largest absolute Gasteiger partial charge is 0.340 e. The second-order valence-electron chi connectivity index (χ2n) is 6.52. The maximum atomic E-state index is 12.6. The number of carbonyl (C=O) groups is 1. The van der Waals surface area contributed by atoms with Gasteiger partial charge in [-0.2, -0.15) is 0 Å². The molecule has 5 nitrogen and oxygen atoms in total. The predicted octanol–water partition coefficient (Wildman–Crippen LogP) is 3.18. The lowest BCUT2D eigenvalue weighted by molar-refractivity contribution is -0.132. The third kappa shape index (κ3) is 3.63. The van der Waals surface area contributed by atoms with E-state index in [9.17, 15) is 4.79 Å². The quantitative estimate of drug-likeness (QED) is 0.864. The summed E-state index contributed by atoms with van der Waals surface area (Å²) in [6, 6.07) is 0.338. The van der Waals surface area contributed by atoms with E-state index in [0.717, 1.165) is 42.5 Å². The zero-order chi connectivity index (χ0) is 16.4. The number of rotatable bonds is 4. The number of hydrogen-bond acceptors (Lipinski definition) is 4. The van der Waals surface area contributed by atoms with Crippen molar-refractivity contribution in [3.05, 3.63) is 34.3 Å². The third-order valence-electron chi connectivity index (χ3n) is 4.36. The van der Waals surface area contributed by atoms with Crippen molar-refractivity contribution in [2.45, 2.75) is 52.0 Å². The molecule has 6 heteroatoms. The average molecular weight is 332 g/mol. The minimum absolute atomic E-state index is 0.186. The molecular weight excluding hydrogens is 308 g/mol. The van der Waals surface area contributed by atoms with Crippen LogP contribution in [0.2, 0.25) is 0 Å².